The maximum absolute atomic E-state index is 11.9. The summed E-state index contributed by atoms with van der Waals surface area (Å²) >= 11 is 3.38. The summed E-state index contributed by atoms with van der Waals surface area (Å²) in [6, 6.07) is 5.75. The van der Waals surface area contributed by atoms with Crippen LogP contribution >= 0.6 is 15.9 Å². The summed E-state index contributed by atoms with van der Waals surface area (Å²) in [5.74, 6) is 0.576. The molecule has 3 N–H and O–H groups in total. The Labute approximate surface area is 110 Å². The minimum atomic E-state index is -0.0360. The van der Waals surface area contributed by atoms with Crippen molar-refractivity contribution in [3.8, 4) is 0 Å². The molecule has 0 heterocycles. The van der Waals surface area contributed by atoms with Crippen molar-refractivity contribution in [3.05, 3.63) is 33.8 Å². The van der Waals surface area contributed by atoms with Gasteiger partial charge >= 0.3 is 0 Å². The molecule has 1 fully saturated rings. The van der Waals surface area contributed by atoms with Crippen LogP contribution in [0.1, 0.15) is 28.8 Å². The Morgan fingerprint density at radius 1 is 1.59 bits per heavy atom. The molecule has 4 heteroatoms. The van der Waals surface area contributed by atoms with Crippen LogP contribution < -0.4 is 11.1 Å². The predicted molar refractivity (Wildman–Crippen MR) is 71.9 cm³/mol. The number of carbonyl (C=O) groups is 1. The third-order valence-corrected chi connectivity index (χ3v) is 3.65. The van der Waals surface area contributed by atoms with E-state index in [0.717, 1.165) is 15.6 Å². The van der Waals surface area contributed by atoms with Crippen molar-refractivity contribution in [2.75, 3.05) is 6.54 Å². The van der Waals surface area contributed by atoms with E-state index in [4.69, 9.17) is 5.73 Å². The van der Waals surface area contributed by atoms with Gasteiger partial charge < -0.3 is 11.1 Å². The van der Waals surface area contributed by atoms with Crippen molar-refractivity contribution in [3.63, 3.8) is 0 Å². The highest BCUT2D eigenvalue weighted by molar-refractivity contribution is 9.10. The average Bonchev–Trinajstić information content (AvgIpc) is 3.09. The smallest absolute Gasteiger partial charge is 0.251 e. The van der Waals surface area contributed by atoms with Gasteiger partial charge in [0.25, 0.3) is 5.91 Å². The summed E-state index contributed by atoms with van der Waals surface area (Å²) in [7, 11) is 0. The van der Waals surface area contributed by atoms with Crippen molar-refractivity contribution in [1.82, 2.24) is 5.32 Å². The lowest BCUT2D eigenvalue weighted by atomic mass is 10.1. The van der Waals surface area contributed by atoms with E-state index in [2.05, 4.69) is 21.2 Å². The number of hydrogen-bond donors (Lipinski definition) is 2. The van der Waals surface area contributed by atoms with E-state index < -0.39 is 0 Å². The molecule has 0 bridgehead atoms. The van der Waals surface area contributed by atoms with Crippen LogP contribution in [-0.2, 0) is 0 Å². The van der Waals surface area contributed by atoms with Crippen molar-refractivity contribution in [2.24, 2.45) is 11.7 Å². The second-order valence-corrected chi connectivity index (χ2v) is 5.59. The van der Waals surface area contributed by atoms with Gasteiger partial charge in [-0.25, -0.2) is 0 Å². The topological polar surface area (TPSA) is 55.1 Å². The van der Waals surface area contributed by atoms with Gasteiger partial charge in [-0.2, -0.15) is 0 Å². The highest BCUT2D eigenvalue weighted by atomic mass is 79.9. The van der Waals surface area contributed by atoms with E-state index in [9.17, 15) is 4.79 Å². The third-order valence-electron chi connectivity index (χ3n) is 3.16. The van der Waals surface area contributed by atoms with Gasteiger partial charge in [0.05, 0.1) is 0 Å². The molecular formula is C13H17BrN2O. The molecule has 0 saturated heterocycles. The minimum absolute atomic E-state index is 0.0360. The van der Waals surface area contributed by atoms with E-state index >= 15 is 0 Å². The lowest BCUT2D eigenvalue weighted by Crippen LogP contribution is -2.38. The molecule has 92 valence electrons. The second kappa shape index (κ2) is 5.19. The number of aryl methyl sites for hydroxylation is 1. The standard InChI is InChI=1S/C13H17BrN2O/c1-8-6-10(14)4-5-11(8)13(17)16-7-12(15)9-2-3-9/h4-6,9,12H,2-3,7,15H2,1H3,(H,16,17). The number of halogens is 1. The number of benzene rings is 1. The van der Waals surface area contributed by atoms with Gasteiger partial charge in [0.2, 0.25) is 0 Å². The van der Waals surface area contributed by atoms with Crippen LogP contribution in [0.25, 0.3) is 0 Å². The van der Waals surface area contributed by atoms with E-state index in [1.54, 1.807) is 0 Å². The molecule has 2 rings (SSSR count). The maximum Gasteiger partial charge on any atom is 0.251 e. The van der Waals surface area contributed by atoms with Gasteiger partial charge in [-0.3, -0.25) is 4.79 Å². The summed E-state index contributed by atoms with van der Waals surface area (Å²) < 4.78 is 0.987. The van der Waals surface area contributed by atoms with Crippen LogP contribution in [0.4, 0.5) is 0 Å². The zero-order valence-corrected chi connectivity index (χ0v) is 11.5. The SMILES string of the molecule is Cc1cc(Br)ccc1C(=O)NCC(N)C1CC1. The first-order valence-electron chi connectivity index (χ1n) is 5.88. The molecule has 1 atom stereocenters. The molecule has 1 aromatic carbocycles. The van der Waals surface area contributed by atoms with Gasteiger partial charge in [-0.05, 0) is 49.4 Å². The lowest BCUT2D eigenvalue weighted by Gasteiger charge is -2.12. The Bertz CT molecular complexity index is 429. The number of carbonyl (C=O) groups excluding carboxylic acids is 1. The fourth-order valence-electron chi connectivity index (χ4n) is 1.88. The highest BCUT2D eigenvalue weighted by Crippen LogP contribution is 2.31. The Morgan fingerprint density at radius 2 is 2.29 bits per heavy atom. The largest absolute Gasteiger partial charge is 0.350 e. The van der Waals surface area contributed by atoms with Crippen LogP contribution in [0.15, 0.2) is 22.7 Å². The Balaban J connectivity index is 1.94. The average molecular weight is 297 g/mol. The Morgan fingerprint density at radius 3 is 2.88 bits per heavy atom. The molecular weight excluding hydrogens is 280 g/mol. The fourth-order valence-corrected chi connectivity index (χ4v) is 2.35. The van der Waals surface area contributed by atoms with Gasteiger partial charge in [0, 0.05) is 22.6 Å². The first kappa shape index (κ1) is 12.6. The maximum atomic E-state index is 11.9. The minimum Gasteiger partial charge on any atom is -0.350 e. The summed E-state index contributed by atoms with van der Waals surface area (Å²) in [5.41, 5.74) is 7.63. The molecule has 1 saturated carbocycles. The zero-order chi connectivity index (χ0) is 12.4. The van der Waals surface area contributed by atoms with E-state index in [0.29, 0.717) is 12.5 Å². The Kier molecular flexibility index (Phi) is 3.84. The van der Waals surface area contributed by atoms with Gasteiger partial charge in [-0.1, -0.05) is 15.9 Å². The van der Waals surface area contributed by atoms with Crippen LogP contribution in [-0.4, -0.2) is 18.5 Å². The molecule has 0 aliphatic heterocycles. The molecule has 1 amide bonds. The molecule has 1 aromatic rings. The third kappa shape index (κ3) is 3.30. The zero-order valence-electron chi connectivity index (χ0n) is 9.87. The van der Waals surface area contributed by atoms with Crippen LogP contribution in [0.3, 0.4) is 0 Å². The van der Waals surface area contributed by atoms with E-state index in [-0.39, 0.29) is 11.9 Å². The van der Waals surface area contributed by atoms with Gasteiger partial charge in [-0.15, -0.1) is 0 Å². The van der Waals surface area contributed by atoms with Crippen LogP contribution in [0.5, 0.6) is 0 Å². The van der Waals surface area contributed by atoms with Crippen LogP contribution in [0.2, 0.25) is 0 Å². The number of hydrogen-bond acceptors (Lipinski definition) is 2. The molecule has 1 aliphatic rings. The van der Waals surface area contributed by atoms with Gasteiger partial charge in [0.1, 0.15) is 0 Å². The Hall–Kier alpha value is -0.870. The fraction of sp³-hybridized carbons (Fsp3) is 0.462. The molecule has 1 aliphatic carbocycles. The first-order chi connectivity index (χ1) is 8.08. The van der Waals surface area contributed by atoms with Crippen molar-refractivity contribution >= 4 is 21.8 Å². The number of rotatable bonds is 4. The number of nitrogens with one attached hydrogen (secondary N) is 1. The van der Waals surface area contributed by atoms with Gasteiger partial charge in [0.15, 0.2) is 0 Å². The van der Waals surface area contributed by atoms with Crippen LogP contribution in [0, 0.1) is 12.8 Å². The number of amides is 1. The van der Waals surface area contributed by atoms with Crippen molar-refractivity contribution in [1.29, 1.82) is 0 Å². The molecule has 0 aromatic heterocycles. The quantitative estimate of drug-likeness (QED) is 0.895. The second-order valence-electron chi connectivity index (χ2n) is 4.67. The molecule has 0 spiro atoms. The summed E-state index contributed by atoms with van der Waals surface area (Å²) in [4.78, 5) is 11.9. The summed E-state index contributed by atoms with van der Waals surface area (Å²) in [6.45, 7) is 2.50. The van der Waals surface area contributed by atoms with Crippen molar-refractivity contribution < 1.29 is 4.79 Å². The summed E-state index contributed by atoms with van der Waals surface area (Å²) in [6.07, 6.45) is 2.41. The van der Waals surface area contributed by atoms with Crippen molar-refractivity contribution in [2.45, 2.75) is 25.8 Å². The normalized spacial score (nSPS) is 16.6. The first-order valence-corrected chi connectivity index (χ1v) is 6.67. The van der Waals surface area contributed by atoms with E-state index in [1.807, 2.05) is 25.1 Å². The van der Waals surface area contributed by atoms with E-state index in [1.165, 1.54) is 12.8 Å². The predicted octanol–water partition coefficient (Wildman–Crippen LogP) is 2.22. The lowest BCUT2D eigenvalue weighted by molar-refractivity contribution is 0.0949. The summed E-state index contributed by atoms with van der Waals surface area (Å²) in [5, 5.41) is 2.90. The molecule has 17 heavy (non-hydrogen) atoms. The highest BCUT2D eigenvalue weighted by Gasteiger charge is 2.28. The monoisotopic (exact) mass is 296 g/mol. The molecule has 1 unspecified atom stereocenters. The molecule has 0 radical (unpaired) electrons. The molecule has 3 nitrogen and oxygen atoms in total. The number of nitrogens with two attached hydrogens (primary N) is 1.